The second-order valence-electron chi connectivity index (χ2n) is 5.92. The van der Waals surface area contributed by atoms with Crippen molar-refractivity contribution in [2.45, 2.75) is 11.5 Å². The zero-order valence-corrected chi connectivity index (χ0v) is 14.9. The molecule has 1 aliphatic rings. The molecule has 0 fully saturated rings. The summed E-state index contributed by atoms with van der Waals surface area (Å²) in [5, 5.41) is 0.502. The van der Waals surface area contributed by atoms with Crippen molar-refractivity contribution >= 4 is 23.5 Å². The predicted molar refractivity (Wildman–Crippen MR) is 98.7 cm³/mol. The molecule has 2 aromatic carbocycles. The molecule has 0 spiro atoms. The van der Waals surface area contributed by atoms with Crippen LogP contribution in [0.25, 0.3) is 0 Å². The summed E-state index contributed by atoms with van der Waals surface area (Å²) in [5.41, 5.74) is 0.361. The van der Waals surface area contributed by atoms with Crippen molar-refractivity contribution in [1.29, 1.82) is 0 Å². The maximum atomic E-state index is 12.3. The van der Waals surface area contributed by atoms with Crippen LogP contribution < -0.4 is 0 Å². The van der Waals surface area contributed by atoms with Crippen molar-refractivity contribution in [2.75, 3.05) is 7.11 Å². The molecule has 0 radical (unpaired) electrons. The van der Waals surface area contributed by atoms with Crippen LogP contribution in [0.5, 0.6) is 0 Å². The van der Waals surface area contributed by atoms with E-state index in [0.29, 0.717) is 10.6 Å². The molecule has 0 saturated carbocycles. The number of hydrogen-bond acceptors (Lipinski definition) is 4. The van der Waals surface area contributed by atoms with Crippen molar-refractivity contribution in [2.24, 2.45) is 0 Å². The molecule has 2 atom stereocenters. The molecule has 1 heterocycles. The Kier molecular flexibility index (Phi) is 4.96. The van der Waals surface area contributed by atoms with Crippen LogP contribution in [0.3, 0.4) is 0 Å². The lowest BCUT2D eigenvalue weighted by molar-refractivity contribution is -0.149. The molecule has 1 aliphatic heterocycles. The van der Waals surface area contributed by atoms with Gasteiger partial charge in [-0.25, -0.2) is 9.59 Å². The summed E-state index contributed by atoms with van der Waals surface area (Å²) < 4.78 is 10.6. The lowest BCUT2D eigenvalue weighted by atomic mass is 9.73. The summed E-state index contributed by atoms with van der Waals surface area (Å²) in [5.74, 6) is -1.76. The standard InChI is InChI=1S/C21H17ClO4/c1-14(20(24)25-2)19(15-7-6-10-17(22)13-15)21(12-11-18(23)26-21)16-8-4-3-5-9-16/h3-13,19H,1H2,2H3/t19-,21+/m0/s1. The number of benzene rings is 2. The Labute approximate surface area is 156 Å². The van der Waals surface area contributed by atoms with E-state index in [1.807, 2.05) is 36.4 Å². The molecule has 0 unspecified atom stereocenters. The number of esters is 2. The first-order valence-corrected chi connectivity index (χ1v) is 8.36. The van der Waals surface area contributed by atoms with Crippen LogP contribution in [0.2, 0.25) is 5.02 Å². The van der Waals surface area contributed by atoms with E-state index >= 15 is 0 Å². The van der Waals surface area contributed by atoms with Crippen LogP contribution in [0.4, 0.5) is 0 Å². The van der Waals surface area contributed by atoms with E-state index in [0.717, 1.165) is 5.56 Å². The van der Waals surface area contributed by atoms with Gasteiger partial charge in [0.25, 0.3) is 0 Å². The molecule has 0 N–H and O–H groups in total. The molecular weight excluding hydrogens is 352 g/mol. The van der Waals surface area contributed by atoms with Gasteiger partial charge >= 0.3 is 11.9 Å². The smallest absolute Gasteiger partial charge is 0.333 e. The van der Waals surface area contributed by atoms with Crippen LogP contribution in [0, 0.1) is 0 Å². The van der Waals surface area contributed by atoms with Crippen molar-refractivity contribution < 1.29 is 19.1 Å². The fourth-order valence-electron chi connectivity index (χ4n) is 3.24. The monoisotopic (exact) mass is 368 g/mol. The van der Waals surface area contributed by atoms with Gasteiger partial charge in [-0.15, -0.1) is 0 Å². The highest BCUT2D eigenvalue weighted by molar-refractivity contribution is 6.30. The maximum Gasteiger partial charge on any atom is 0.333 e. The van der Waals surface area contributed by atoms with E-state index in [-0.39, 0.29) is 5.57 Å². The van der Waals surface area contributed by atoms with Gasteiger partial charge in [0.2, 0.25) is 0 Å². The van der Waals surface area contributed by atoms with E-state index in [9.17, 15) is 9.59 Å². The fraction of sp³-hybridized carbons (Fsp3) is 0.143. The van der Waals surface area contributed by atoms with Gasteiger partial charge in [-0.1, -0.05) is 60.6 Å². The molecule has 5 heteroatoms. The molecule has 0 saturated heterocycles. The second-order valence-corrected chi connectivity index (χ2v) is 6.35. The normalized spacial score (nSPS) is 19.7. The third kappa shape index (κ3) is 3.16. The molecule has 3 rings (SSSR count). The Morgan fingerprint density at radius 2 is 1.92 bits per heavy atom. The lowest BCUT2D eigenvalue weighted by Crippen LogP contribution is -2.36. The quantitative estimate of drug-likeness (QED) is 0.587. The van der Waals surface area contributed by atoms with E-state index in [1.54, 1.807) is 24.3 Å². The van der Waals surface area contributed by atoms with Gasteiger partial charge in [0, 0.05) is 22.2 Å². The van der Waals surface area contributed by atoms with Crippen molar-refractivity contribution in [3.63, 3.8) is 0 Å². The summed E-state index contributed by atoms with van der Waals surface area (Å²) in [6.07, 6.45) is 3.01. The number of halogens is 1. The number of carbonyl (C=O) groups is 2. The van der Waals surface area contributed by atoms with Gasteiger partial charge in [0.1, 0.15) is 0 Å². The Morgan fingerprint density at radius 1 is 1.19 bits per heavy atom. The van der Waals surface area contributed by atoms with Crippen LogP contribution in [-0.2, 0) is 24.7 Å². The number of ether oxygens (including phenoxy) is 2. The van der Waals surface area contributed by atoms with Gasteiger partial charge in [0.05, 0.1) is 13.0 Å². The van der Waals surface area contributed by atoms with Gasteiger partial charge in [-0.3, -0.25) is 0 Å². The Morgan fingerprint density at radius 3 is 2.50 bits per heavy atom. The Balaban J connectivity index is 2.24. The summed E-state index contributed by atoms with van der Waals surface area (Å²) in [4.78, 5) is 24.3. The summed E-state index contributed by atoms with van der Waals surface area (Å²) in [6, 6.07) is 16.3. The minimum atomic E-state index is -1.21. The minimum absolute atomic E-state index is 0.165. The summed E-state index contributed by atoms with van der Waals surface area (Å²) in [7, 11) is 1.29. The van der Waals surface area contributed by atoms with Crippen LogP contribution in [0.15, 0.2) is 78.9 Å². The average molecular weight is 369 g/mol. The molecule has 2 aromatic rings. The molecule has 132 valence electrons. The summed E-state index contributed by atoms with van der Waals surface area (Å²) >= 11 is 6.16. The molecule has 26 heavy (non-hydrogen) atoms. The number of cyclic esters (lactones) is 1. The largest absolute Gasteiger partial charge is 0.466 e. The first-order chi connectivity index (χ1) is 12.5. The van der Waals surface area contributed by atoms with Crippen molar-refractivity contribution in [3.8, 4) is 0 Å². The highest BCUT2D eigenvalue weighted by Gasteiger charge is 2.48. The van der Waals surface area contributed by atoms with E-state index in [1.165, 1.54) is 13.2 Å². The molecule has 0 aliphatic carbocycles. The average Bonchev–Trinajstić information content (AvgIpc) is 3.04. The molecule has 0 bridgehead atoms. The van der Waals surface area contributed by atoms with Gasteiger partial charge in [-0.05, 0) is 23.8 Å². The zero-order chi connectivity index (χ0) is 18.7. The Bertz CT molecular complexity index is 888. The van der Waals surface area contributed by atoms with Crippen molar-refractivity contribution in [3.05, 3.63) is 95.1 Å². The third-order valence-corrected chi connectivity index (χ3v) is 4.60. The van der Waals surface area contributed by atoms with Gasteiger partial charge < -0.3 is 9.47 Å². The molecule has 0 aromatic heterocycles. The number of methoxy groups -OCH3 is 1. The molecule has 0 amide bonds. The van der Waals surface area contributed by atoms with Crippen LogP contribution in [0.1, 0.15) is 17.0 Å². The SMILES string of the molecule is C=C(C(=O)OC)[C@@H](c1cccc(Cl)c1)[C@]1(c2ccccc2)C=CC(=O)O1. The minimum Gasteiger partial charge on any atom is -0.466 e. The van der Waals surface area contributed by atoms with E-state index in [2.05, 4.69) is 6.58 Å². The highest BCUT2D eigenvalue weighted by atomic mass is 35.5. The Hall–Kier alpha value is -2.85. The lowest BCUT2D eigenvalue weighted by Gasteiger charge is -2.36. The third-order valence-electron chi connectivity index (χ3n) is 4.37. The van der Waals surface area contributed by atoms with Crippen LogP contribution >= 0.6 is 11.6 Å². The molecular formula is C21H17ClO4. The predicted octanol–water partition coefficient (Wildman–Crippen LogP) is 4.16. The van der Waals surface area contributed by atoms with E-state index in [4.69, 9.17) is 21.1 Å². The van der Waals surface area contributed by atoms with Crippen molar-refractivity contribution in [1.82, 2.24) is 0 Å². The van der Waals surface area contributed by atoms with Crippen LogP contribution in [-0.4, -0.2) is 19.0 Å². The fourth-order valence-corrected chi connectivity index (χ4v) is 3.44. The van der Waals surface area contributed by atoms with Gasteiger partial charge in [-0.2, -0.15) is 0 Å². The zero-order valence-electron chi connectivity index (χ0n) is 14.1. The number of hydrogen-bond donors (Lipinski definition) is 0. The first kappa shape index (κ1) is 18.0. The van der Waals surface area contributed by atoms with E-state index < -0.39 is 23.5 Å². The molecule has 4 nitrogen and oxygen atoms in total. The number of rotatable bonds is 5. The highest BCUT2D eigenvalue weighted by Crippen LogP contribution is 2.48. The first-order valence-electron chi connectivity index (χ1n) is 7.98. The summed E-state index contributed by atoms with van der Waals surface area (Å²) in [6.45, 7) is 3.93. The maximum absolute atomic E-state index is 12.3. The second kappa shape index (κ2) is 7.18. The topological polar surface area (TPSA) is 52.6 Å². The number of carbonyl (C=O) groups excluding carboxylic acids is 2. The van der Waals surface area contributed by atoms with Gasteiger partial charge in [0.15, 0.2) is 5.60 Å².